The van der Waals surface area contributed by atoms with Crippen molar-refractivity contribution >= 4 is 71.3 Å². The molecule has 34 nitrogen and oxygen atoms in total. The average molecular weight is 1760 g/mol. The highest BCUT2D eigenvalue weighted by Gasteiger charge is 2.58. The van der Waals surface area contributed by atoms with Crippen LogP contribution in [0.4, 0.5) is 0 Å². The highest BCUT2D eigenvalue weighted by Crippen LogP contribution is 2.35. The Bertz CT molecular complexity index is 5340. The van der Waals surface area contributed by atoms with E-state index in [0.717, 1.165) is 14.2 Å². The molecule has 0 bridgehead atoms. The van der Waals surface area contributed by atoms with E-state index in [-0.39, 0.29) is 68.2 Å². The molecule has 34 heteroatoms. The van der Waals surface area contributed by atoms with E-state index in [9.17, 15) is 48.9 Å². The normalized spacial score (nSPS) is 22.6. The number of nitrogens with two attached hydrogens (primary N) is 1. The molecule has 9 aromatic carbocycles. The third-order valence-corrected chi connectivity index (χ3v) is 20.7. The first kappa shape index (κ1) is 92.9. The van der Waals surface area contributed by atoms with E-state index in [1.807, 2.05) is 0 Å². The van der Waals surface area contributed by atoms with Crippen LogP contribution in [0.5, 0.6) is 17.2 Å². The molecule has 18 atom stereocenters. The Hall–Kier alpha value is -14.3. The van der Waals surface area contributed by atoms with Crippen molar-refractivity contribution in [1.82, 2.24) is 26.6 Å². The number of nitrogens with one attached hydrogen (secondary N) is 5. The Labute approximate surface area is 733 Å². The zero-order valence-corrected chi connectivity index (χ0v) is 69.9. The zero-order chi connectivity index (χ0) is 91.3. The second-order valence-electron chi connectivity index (χ2n) is 30.9. The van der Waals surface area contributed by atoms with Crippen LogP contribution >= 0.6 is 0 Å². The summed E-state index contributed by atoms with van der Waals surface area (Å²) >= 11 is 0. The second kappa shape index (κ2) is 43.1. The van der Waals surface area contributed by atoms with Crippen molar-refractivity contribution in [3.63, 3.8) is 0 Å². The lowest BCUT2D eigenvalue weighted by molar-refractivity contribution is -0.252. The molecule has 3 saturated heterocycles. The van der Waals surface area contributed by atoms with Gasteiger partial charge in [-0.2, -0.15) is 0 Å². The monoisotopic (exact) mass is 1750 g/mol. The molecule has 3 heterocycles. The van der Waals surface area contributed by atoms with Crippen LogP contribution in [0.15, 0.2) is 255 Å². The Kier molecular flexibility index (Phi) is 31.3. The quantitative estimate of drug-likeness (QED) is 0.0163. The van der Waals surface area contributed by atoms with Crippen LogP contribution in [0.1, 0.15) is 99.6 Å². The lowest BCUT2D eigenvalue weighted by Gasteiger charge is -2.45. The number of carbonyl (C=O) groups excluding carboxylic acids is 12. The van der Waals surface area contributed by atoms with Gasteiger partial charge in [0.05, 0.1) is 39.4 Å². The fourth-order valence-corrected chi connectivity index (χ4v) is 14.4. The number of phenols is 3. The van der Waals surface area contributed by atoms with Crippen molar-refractivity contribution in [2.24, 2.45) is 5.73 Å². The van der Waals surface area contributed by atoms with Crippen molar-refractivity contribution in [2.45, 2.75) is 156 Å². The van der Waals surface area contributed by atoms with Crippen molar-refractivity contribution in [3.8, 4) is 17.2 Å². The first-order chi connectivity index (χ1) is 61.5. The molecule has 9 aromatic rings. The number of hydrogen-bond donors (Lipinski definition) is 9. The summed E-state index contributed by atoms with van der Waals surface area (Å²) in [5.74, 6) is -14.3. The van der Waals surface area contributed by atoms with E-state index in [2.05, 4.69) is 26.6 Å². The van der Waals surface area contributed by atoms with E-state index in [1.165, 1.54) is 213 Å². The Morgan fingerprint density at radius 1 is 0.328 bits per heavy atom. The fourth-order valence-electron chi connectivity index (χ4n) is 14.4. The lowest BCUT2D eigenvalue weighted by Crippen LogP contribution is -2.71. The number of hydrogen-bond acceptors (Lipinski definition) is 29. The van der Waals surface area contributed by atoms with Gasteiger partial charge in [0, 0.05) is 40.6 Å². The lowest BCUT2D eigenvalue weighted by atomic mass is 9.93. The van der Waals surface area contributed by atoms with E-state index in [1.54, 1.807) is 69.3 Å². The van der Waals surface area contributed by atoms with Crippen LogP contribution in [-0.4, -0.2) is 224 Å². The Balaban J connectivity index is 0.922. The number of aromatic hydroxyl groups is 3. The van der Waals surface area contributed by atoms with Gasteiger partial charge in [-0.05, 0) is 147 Å². The van der Waals surface area contributed by atoms with E-state index in [0.29, 0.717) is 5.56 Å². The molecule has 5 amide bonds. The number of amides is 5. The molecule has 0 aromatic heterocycles. The maximum atomic E-state index is 16.2. The molecule has 3 aliphatic rings. The number of phenolic OH excluding ortho intramolecular Hbond substituents is 3. The molecule has 668 valence electrons. The minimum atomic E-state index is -2.32. The fraction of sp³-hybridized carbons (Fsp3) is 0.298. The Morgan fingerprint density at radius 2 is 0.562 bits per heavy atom. The van der Waals surface area contributed by atoms with Crippen LogP contribution in [0, 0.1) is 0 Å². The second-order valence-corrected chi connectivity index (χ2v) is 30.9. The minimum Gasteiger partial charge on any atom is -0.508 e. The summed E-state index contributed by atoms with van der Waals surface area (Å²) in [6, 6.07) is 50.1. The van der Waals surface area contributed by atoms with Gasteiger partial charge in [-0.3, -0.25) is 24.0 Å². The summed E-state index contributed by atoms with van der Waals surface area (Å²) in [5.41, 5.74) is 6.02. The van der Waals surface area contributed by atoms with Crippen LogP contribution in [0.25, 0.3) is 0 Å². The summed E-state index contributed by atoms with van der Waals surface area (Å²) in [6.07, 6.45) is -25.6. The van der Waals surface area contributed by atoms with Gasteiger partial charge in [0.1, 0.15) is 53.1 Å². The minimum absolute atomic E-state index is 0.0216. The number of ether oxygens (including phenoxy) is 13. The van der Waals surface area contributed by atoms with E-state index in [4.69, 9.17) is 67.3 Å². The maximum Gasteiger partial charge on any atom is 0.338 e. The smallest absolute Gasteiger partial charge is 0.338 e. The molecular weight excluding hydrogens is 1660 g/mol. The first-order valence-electron chi connectivity index (χ1n) is 40.5. The molecule has 128 heavy (non-hydrogen) atoms. The first-order valence-corrected chi connectivity index (χ1v) is 40.5. The molecule has 0 aliphatic carbocycles. The summed E-state index contributed by atoms with van der Waals surface area (Å²) in [6.45, 7) is 4.78. The van der Waals surface area contributed by atoms with Gasteiger partial charge in [0.2, 0.25) is 11.8 Å². The zero-order valence-electron chi connectivity index (χ0n) is 69.9. The predicted octanol–water partition coefficient (Wildman–Crippen LogP) is 6.39. The number of carbonyl (C=O) groups is 12. The summed E-state index contributed by atoms with van der Waals surface area (Å²) in [5, 5.41) is 44.7. The highest BCUT2D eigenvalue weighted by atomic mass is 16.7. The molecule has 0 unspecified atom stereocenters. The van der Waals surface area contributed by atoms with E-state index < -0.39 is 200 Å². The van der Waals surface area contributed by atoms with Crippen LogP contribution < -0.4 is 32.3 Å². The van der Waals surface area contributed by atoms with Gasteiger partial charge < -0.3 is 109 Å². The van der Waals surface area contributed by atoms with Crippen LogP contribution in [0.3, 0.4) is 0 Å². The van der Waals surface area contributed by atoms with E-state index >= 15 is 24.0 Å². The maximum absolute atomic E-state index is 16.2. The average Bonchev–Trinajstić information content (AvgIpc) is 0.757. The SMILES string of the molecule is CO[C@@H]1O[C@H](C(=O)N[C@@H](Cc2ccc(O)cc2)C(=O)N[C@H]2[C@H](OC)O[C@H](C(=O)N[C@@H](Cc3ccc(O)cc3)C(=O)N[C@H]3[C@H](OC)O[C@H](C(=O)N[C@@H](Cc4ccc(O)cc4)C(=O)OC(C)(C)C)[C@@H](OC(=O)c4ccccc4)[C@@H]3OC(=O)c3ccccc3)[C@@H](OC(=O)c3ccccc3)[C@@H]2OC(=O)c2ccccc2)[C@@H](OC(=O)c2ccccc2)[C@H](OC(=O)c2ccccc2)[C@H]1N. The third kappa shape index (κ3) is 24.0. The van der Waals surface area contributed by atoms with Gasteiger partial charge in [0.25, 0.3) is 17.7 Å². The number of benzene rings is 9. The molecule has 0 radical (unpaired) electrons. The largest absolute Gasteiger partial charge is 0.508 e. The van der Waals surface area contributed by atoms with Gasteiger partial charge in [-0.25, -0.2) is 33.6 Å². The number of esters is 7. The predicted molar refractivity (Wildman–Crippen MR) is 450 cm³/mol. The summed E-state index contributed by atoms with van der Waals surface area (Å²) in [7, 11) is 3.33. The number of methoxy groups -OCH3 is 3. The topological polar surface area (TPSA) is 472 Å². The van der Waals surface area contributed by atoms with Gasteiger partial charge in [-0.15, -0.1) is 0 Å². The standard InChI is InChI=1S/C94H94N6O28/c1-94(2,3)128-90(115)66(51-54-41-47-63(103)48-42-54)98-83(108)78-75(124-89(114)60-35-23-12-24-36-60)72(121-86(111)57-29-17-9-18-30-57)69(93(118-6)127-78)100-80(105)65(50-53-39-45-62(102)46-40-53)97-82(107)77-74(123-88(113)59-33-21-11-22-34-59)71(120-85(110)56-27-15-8-16-28-56)68(92(117-5)126-77)99-79(104)64(49-52-37-43-61(101)44-38-52)96-81(106)76-73(122-87(112)58-31-19-10-20-32-58)70(67(95)91(116-4)125-76)119-84(109)55-25-13-7-14-26-55/h7-48,64-78,91-93,101-103H,49-51,95H2,1-6H3,(H,96,106)(H,97,107)(H,98,108)(H,99,104)(H,100,105)/t64-,65-,66-,67+,68+,69+,70+,71+,72+,73-,74-,75-,76-,77-,78-,91+,92+,93+/m0/s1. The molecular formula is C94H94N6O28. The molecule has 3 aliphatic heterocycles. The molecule has 3 fully saturated rings. The van der Waals surface area contributed by atoms with Gasteiger partial charge >= 0.3 is 41.8 Å². The third-order valence-electron chi connectivity index (χ3n) is 20.7. The highest BCUT2D eigenvalue weighted by molar-refractivity contribution is 5.97. The number of rotatable bonds is 32. The van der Waals surface area contributed by atoms with Crippen molar-refractivity contribution in [1.29, 1.82) is 0 Å². The van der Waals surface area contributed by atoms with Crippen molar-refractivity contribution < 1.29 is 134 Å². The van der Waals surface area contributed by atoms with Crippen LogP contribution in [-0.2, 0) is 110 Å². The molecule has 0 saturated carbocycles. The summed E-state index contributed by atoms with van der Waals surface area (Å²) < 4.78 is 79.8. The van der Waals surface area contributed by atoms with Gasteiger partial charge in [0.15, 0.2) is 73.8 Å². The van der Waals surface area contributed by atoms with Crippen molar-refractivity contribution in [3.05, 3.63) is 305 Å². The Morgan fingerprint density at radius 3 is 0.828 bits per heavy atom. The van der Waals surface area contributed by atoms with Crippen molar-refractivity contribution in [2.75, 3.05) is 21.3 Å². The van der Waals surface area contributed by atoms with Gasteiger partial charge in [-0.1, -0.05) is 146 Å². The van der Waals surface area contributed by atoms with Crippen LogP contribution in [0.2, 0.25) is 0 Å². The summed E-state index contributed by atoms with van der Waals surface area (Å²) in [4.78, 5) is 181. The molecule has 0 spiro atoms. The molecule has 12 rings (SSSR count). The molecule has 10 N–H and O–H groups in total.